The Morgan fingerprint density at radius 3 is 3.00 bits per heavy atom. The fraction of sp³-hybridized carbons (Fsp3) is 0.909. The molecular formula is C11H22N4O. The summed E-state index contributed by atoms with van der Waals surface area (Å²) in [5.41, 5.74) is 5.73. The van der Waals surface area contributed by atoms with E-state index >= 15 is 0 Å². The summed E-state index contributed by atoms with van der Waals surface area (Å²) in [6.45, 7) is 5.32. The van der Waals surface area contributed by atoms with Crippen LogP contribution in [0, 0.1) is 0 Å². The van der Waals surface area contributed by atoms with Crippen molar-refractivity contribution >= 4 is 5.91 Å². The molecule has 92 valence electrons. The van der Waals surface area contributed by atoms with Crippen LogP contribution in [-0.4, -0.2) is 55.1 Å². The van der Waals surface area contributed by atoms with E-state index in [1.165, 1.54) is 0 Å². The Morgan fingerprint density at radius 2 is 2.38 bits per heavy atom. The maximum absolute atomic E-state index is 11.9. The summed E-state index contributed by atoms with van der Waals surface area (Å²) in [7, 11) is 0. The molecular weight excluding hydrogens is 204 g/mol. The molecule has 0 aromatic rings. The SMILES string of the molecule is CC(C(=O)NC1CC1)N1CCNCC1CN. The first-order chi connectivity index (χ1) is 7.72. The quantitative estimate of drug-likeness (QED) is 0.568. The standard InChI is InChI=1S/C11H22N4O/c1-8(11(16)14-9-2-3-9)15-5-4-13-7-10(15)6-12/h8-10,13H,2-7,12H2,1H3,(H,14,16). The van der Waals surface area contributed by atoms with Crippen molar-refractivity contribution in [2.24, 2.45) is 5.73 Å². The Balaban J connectivity index is 1.89. The molecule has 5 heteroatoms. The zero-order valence-corrected chi connectivity index (χ0v) is 9.91. The van der Waals surface area contributed by atoms with Gasteiger partial charge in [-0.15, -0.1) is 0 Å². The average Bonchev–Trinajstić information content (AvgIpc) is 3.11. The molecule has 0 radical (unpaired) electrons. The van der Waals surface area contributed by atoms with E-state index in [0.717, 1.165) is 32.5 Å². The molecule has 1 aliphatic carbocycles. The van der Waals surface area contributed by atoms with Crippen LogP contribution in [0.3, 0.4) is 0 Å². The lowest BCUT2D eigenvalue weighted by molar-refractivity contribution is -0.127. The first-order valence-electron chi connectivity index (χ1n) is 6.19. The third-order valence-electron chi connectivity index (χ3n) is 3.47. The van der Waals surface area contributed by atoms with Crippen molar-refractivity contribution in [3.05, 3.63) is 0 Å². The average molecular weight is 226 g/mol. The predicted octanol–water partition coefficient (Wildman–Crippen LogP) is -1.11. The molecule has 1 saturated carbocycles. The number of nitrogens with two attached hydrogens (primary N) is 1. The Morgan fingerprint density at radius 1 is 1.62 bits per heavy atom. The molecule has 2 rings (SSSR count). The Bertz CT molecular complexity index is 254. The summed E-state index contributed by atoms with van der Waals surface area (Å²) in [6.07, 6.45) is 2.28. The second-order valence-electron chi connectivity index (χ2n) is 4.79. The van der Waals surface area contributed by atoms with E-state index in [4.69, 9.17) is 5.73 Å². The number of piperazine rings is 1. The van der Waals surface area contributed by atoms with Crippen molar-refractivity contribution in [1.82, 2.24) is 15.5 Å². The monoisotopic (exact) mass is 226 g/mol. The lowest BCUT2D eigenvalue weighted by Gasteiger charge is -2.38. The van der Waals surface area contributed by atoms with Crippen LogP contribution in [-0.2, 0) is 4.79 Å². The van der Waals surface area contributed by atoms with Gasteiger partial charge in [-0.1, -0.05) is 0 Å². The lowest BCUT2D eigenvalue weighted by Crippen LogP contribution is -2.60. The van der Waals surface area contributed by atoms with Gasteiger partial charge in [0.2, 0.25) is 5.91 Å². The van der Waals surface area contributed by atoms with Crippen LogP contribution in [0.4, 0.5) is 0 Å². The van der Waals surface area contributed by atoms with Crippen LogP contribution >= 0.6 is 0 Å². The van der Waals surface area contributed by atoms with Gasteiger partial charge in [0, 0.05) is 38.3 Å². The van der Waals surface area contributed by atoms with Gasteiger partial charge in [0.15, 0.2) is 0 Å². The van der Waals surface area contributed by atoms with E-state index in [9.17, 15) is 4.79 Å². The summed E-state index contributed by atoms with van der Waals surface area (Å²) in [5.74, 6) is 0.155. The van der Waals surface area contributed by atoms with Gasteiger partial charge in [0.05, 0.1) is 6.04 Å². The number of rotatable bonds is 4. The summed E-state index contributed by atoms with van der Waals surface area (Å²) in [5, 5.41) is 6.36. The van der Waals surface area contributed by atoms with E-state index in [0.29, 0.717) is 12.6 Å². The molecule has 1 aliphatic heterocycles. The predicted molar refractivity (Wildman–Crippen MR) is 63.0 cm³/mol. The molecule has 0 aromatic carbocycles. The molecule has 2 fully saturated rings. The Labute approximate surface area is 96.7 Å². The second kappa shape index (κ2) is 5.12. The first kappa shape index (κ1) is 11.8. The van der Waals surface area contributed by atoms with Crippen LogP contribution in [0.5, 0.6) is 0 Å². The highest BCUT2D eigenvalue weighted by atomic mass is 16.2. The van der Waals surface area contributed by atoms with Gasteiger partial charge in [0.25, 0.3) is 0 Å². The van der Waals surface area contributed by atoms with E-state index in [1.54, 1.807) is 0 Å². The zero-order chi connectivity index (χ0) is 11.5. The highest BCUT2D eigenvalue weighted by molar-refractivity contribution is 5.81. The molecule has 0 spiro atoms. The van der Waals surface area contributed by atoms with Gasteiger partial charge < -0.3 is 16.4 Å². The minimum atomic E-state index is -0.0590. The molecule has 2 atom stereocenters. The van der Waals surface area contributed by atoms with Crippen LogP contribution in [0.2, 0.25) is 0 Å². The molecule has 4 N–H and O–H groups in total. The topological polar surface area (TPSA) is 70.4 Å². The van der Waals surface area contributed by atoms with Gasteiger partial charge in [-0.25, -0.2) is 0 Å². The largest absolute Gasteiger partial charge is 0.352 e. The highest BCUT2D eigenvalue weighted by Crippen LogP contribution is 2.19. The maximum Gasteiger partial charge on any atom is 0.237 e. The smallest absolute Gasteiger partial charge is 0.237 e. The van der Waals surface area contributed by atoms with Crippen molar-refractivity contribution in [3.63, 3.8) is 0 Å². The molecule has 1 heterocycles. The Kier molecular flexibility index (Phi) is 3.78. The highest BCUT2D eigenvalue weighted by Gasteiger charge is 2.32. The van der Waals surface area contributed by atoms with Crippen molar-refractivity contribution < 1.29 is 4.79 Å². The third-order valence-corrected chi connectivity index (χ3v) is 3.47. The molecule has 5 nitrogen and oxygen atoms in total. The number of carbonyl (C=O) groups is 1. The number of amides is 1. The van der Waals surface area contributed by atoms with Crippen molar-refractivity contribution in [2.75, 3.05) is 26.2 Å². The van der Waals surface area contributed by atoms with Gasteiger partial charge in [-0.2, -0.15) is 0 Å². The normalized spacial score (nSPS) is 28.8. The first-order valence-corrected chi connectivity index (χ1v) is 6.19. The van der Waals surface area contributed by atoms with Gasteiger partial charge in [0.1, 0.15) is 0 Å². The van der Waals surface area contributed by atoms with Crippen LogP contribution < -0.4 is 16.4 Å². The summed E-state index contributed by atoms with van der Waals surface area (Å²) >= 11 is 0. The van der Waals surface area contributed by atoms with Gasteiger partial charge in [-0.05, 0) is 19.8 Å². The number of carbonyl (C=O) groups excluding carboxylic acids is 1. The van der Waals surface area contributed by atoms with Gasteiger partial charge >= 0.3 is 0 Å². The van der Waals surface area contributed by atoms with E-state index in [2.05, 4.69) is 15.5 Å². The van der Waals surface area contributed by atoms with Gasteiger partial charge in [-0.3, -0.25) is 9.69 Å². The number of nitrogens with one attached hydrogen (secondary N) is 2. The molecule has 0 aromatic heterocycles. The van der Waals surface area contributed by atoms with Crippen LogP contribution in [0.25, 0.3) is 0 Å². The number of hydrogen-bond acceptors (Lipinski definition) is 4. The Hall–Kier alpha value is -0.650. The van der Waals surface area contributed by atoms with Crippen molar-refractivity contribution in [2.45, 2.75) is 37.9 Å². The number of nitrogens with zero attached hydrogens (tertiary/aromatic N) is 1. The van der Waals surface area contributed by atoms with E-state index in [-0.39, 0.29) is 18.0 Å². The molecule has 1 amide bonds. The molecule has 2 aliphatic rings. The van der Waals surface area contributed by atoms with Crippen LogP contribution in [0.1, 0.15) is 19.8 Å². The minimum Gasteiger partial charge on any atom is -0.352 e. The van der Waals surface area contributed by atoms with Crippen molar-refractivity contribution in [3.8, 4) is 0 Å². The molecule has 1 saturated heterocycles. The zero-order valence-electron chi connectivity index (χ0n) is 9.91. The van der Waals surface area contributed by atoms with Crippen LogP contribution in [0.15, 0.2) is 0 Å². The summed E-state index contributed by atoms with van der Waals surface area (Å²) in [6, 6.07) is 0.666. The third kappa shape index (κ3) is 2.72. The minimum absolute atomic E-state index is 0.0590. The number of hydrogen-bond donors (Lipinski definition) is 3. The summed E-state index contributed by atoms with van der Waals surface area (Å²) in [4.78, 5) is 14.2. The van der Waals surface area contributed by atoms with Crippen molar-refractivity contribution in [1.29, 1.82) is 0 Å². The fourth-order valence-electron chi connectivity index (χ4n) is 2.21. The second-order valence-corrected chi connectivity index (χ2v) is 4.79. The van der Waals surface area contributed by atoms with E-state index in [1.807, 2.05) is 6.92 Å². The molecule has 16 heavy (non-hydrogen) atoms. The van der Waals surface area contributed by atoms with E-state index < -0.39 is 0 Å². The molecule has 2 unspecified atom stereocenters. The summed E-state index contributed by atoms with van der Waals surface area (Å²) < 4.78 is 0. The molecule has 0 bridgehead atoms. The lowest BCUT2D eigenvalue weighted by atomic mass is 10.1. The maximum atomic E-state index is 11.9. The fourth-order valence-corrected chi connectivity index (χ4v) is 2.21.